The molecule has 1 aliphatic rings. The number of aliphatic hydroxyl groups excluding tert-OH is 1. The van der Waals surface area contributed by atoms with Gasteiger partial charge >= 0.3 is 0 Å². The summed E-state index contributed by atoms with van der Waals surface area (Å²) in [5.41, 5.74) is 0.269. The second-order valence-corrected chi connectivity index (χ2v) is 6.71. The minimum absolute atomic E-state index is 0.0558. The summed E-state index contributed by atoms with van der Waals surface area (Å²) < 4.78 is 31.0. The van der Waals surface area contributed by atoms with Crippen LogP contribution in [0.2, 0.25) is 0 Å². The molecule has 0 unspecified atom stereocenters. The van der Waals surface area contributed by atoms with E-state index in [1.54, 1.807) is 0 Å². The molecule has 1 saturated carbocycles. The van der Waals surface area contributed by atoms with E-state index >= 15 is 0 Å². The third-order valence-electron chi connectivity index (χ3n) is 3.12. The zero-order valence-corrected chi connectivity index (χ0v) is 11.7. The lowest BCUT2D eigenvalue weighted by Gasteiger charge is -2.16. The predicted octanol–water partition coefficient (Wildman–Crippen LogP) is -0.0509. The highest BCUT2D eigenvalue weighted by Gasteiger charge is 2.26. The zero-order valence-electron chi connectivity index (χ0n) is 10.9. The lowest BCUT2D eigenvalue weighted by atomic mass is 10.4. The van der Waals surface area contributed by atoms with Gasteiger partial charge in [0.2, 0.25) is 0 Å². The van der Waals surface area contributed by atoms with E-state index in [2.05, 4.69) is 10.2 Å². The van der Waals surface area contributed by atoms with E-state index in [0.717, 1.165) is 0 Å². The molecule has 0 amide bonds. The van der Waals surface area contributed by atoms with Crippen LogP contribution in [0.25, 0.3) is 0 Å². The van der Waals surface area contributed by atoms with Gasteiger partial charge in [0.05, 0.1) is 19.4 Å². The Morgan fingerprint density at radius 3 is 2.95 bits per heavy atom. The molecule has 1 aromatic heterocycles. The first kappa shape index (κ1) is 14.4. The SMILES string of the molecule is CN(CCOCC1CC1)S(=O)(=O)c1[nH]ncc1CO. The van der Waals surface area contributed by atoms with Crippen molar-refractivity contribution in [2.24, 2.45) is 5.92 Å². The lowest BCUT2D eigenvalue weighted by molar-refractivity contribution is 0.117. The molecular formula is C11H19N3O4S. The van der Waals surface area contributed by atoms with Gasteiger partial charge in [-0.05, 0) is 18.8 Å². The van der Waals surface area contributed by atoms with Crippen LogP contribution in [-0.4, -0.2) is 54.8 Å². The number of ether oxygens (including phenoxy) is 1. The minimum Gasteiger partial charge on any atom is -0.392 e. The molecule has 0 aliphatic heterocycles. The summed E-state index contributed by atoms with van der Waals surface area (Å²) in [7, 11) is -2.16. The van der Waals surface area contributed by atoms with Gasteiger partial charge in [0.15, 0.2) is 5.03 Å². The second-order valence-electron chi connectivity index (χ2n) is 4.73. The third-order valence-corrected chi connectivity index (χ3v) is 4.99. The number of aromatic nitrogens is 2. The molecule has 2 N–H and O–H groups in total. The summed E-state index contributed by atoms with van der Waals surface area (Å²) in [5, 5.41) is 15.1. The van der Waals surface area contributed by atoms with Crippen LogP contribution in [0.5, 0.6) is 0 Å². The Bertz CT molecular complexity index is 510. The molecule has 108 valence electrons. The first-order valence-corrected chi connectivity index (χ1v) is 7.67. The number of aliphatic hydroxyl groups is 1. The lowest BCUT2D eigenvalue weighted by Crippen LogP contribution is -2.31. The average molecular weight is 289 g/mol. The number of likely N-dealkylation sites (N-methyl/N-ethyl adjacent to an activating group) is 1. The van der Waals surface area contributed by atoms with E-state index in [4.69, 9.17) is 9.84 Å². The van der Waals surface area contributed by atoms with Crippen molar-refractivity contribution in [2.45, 2.75) is 24.5 Å². The van der Waals surface area contributed by atoms with E-state index in [9.17, 15) is 8.42 Å². The van der Waals surface area contributed by atoms with Gasteiger partial charge in [-0.2, -0.15) is 9.40 Å². The largest absolute Gasteiger partial charge is 0.392 e. The van der Waals surface area contributed by atoms with Crippen LogP contribution in [-0.2, 0) is 21.4 Å². The van der Waals surface area contributed by atoms with Crippen molar-refractivity contribution in [3.8, 4) is 0 Å². The number of rotatable bonds is 8. The number of nitrogens with one attached hydrogen (secondary N) is 1. The van der Waals surface area contributed by atoms with Gasteiger partial charge in [0.25, 0.3) is 10.0 Å². The molecule has 0 aromatic carbocycles. The highest BCUT2D eigenvalue weighted by atomic mass is 32.2. The standard InChI is InChI=1S/C11H19N3O4S/c1-14(4-5-18-8-9-2-3-9)19(16,17)11-10(7-15)6-12-13-11/h6,9,15H,2-5,7-8H2,1H3,(H,12,13). The van der Waals surface area contributed by atoms with Crippen LogP contribution in [0.1, 0.15) is 18.4 Å². The summed E-state index contributed by atoms with van der Waals surface area (Å²) in [6.45, 7) is 0.991. The minimum atomic E-state index is -3.65. The Morgan fingerprint density at radius 2 is 2.32 bits per heavy atom. The van der Waals surface area contributed by atoms with Gasteiger partial charge in [-0.15, -0.1) is 0 Å². The van der Waals surface area contributed by atoms with Gasteiger partial charge in [-0.1, -0.05) is 0 Å². The van der Waals surface area contributed by atoms with E-state index < -0.39 is 10.0 Å². The number of aromatic amines is 1. The van der Waals surface area contributed by atoms with Crippen LogP contribution in [0.15, 0.2) is 11.2 Å². The van der Waals surface area contributed by atoms with Crippen molar-refractivity contribution in [2.75, 3.05) is 26.8 Å². The molecule has 2 rings (SSSR count). The summed E-state index contributed by atoms with van der Waals surface area (Å²) >= 11 is 0. The Morgan fingerprint density at radius 1 is 1.58 bits per heavy atom. The Hall–Kier alpha value is -0.960. The molecule has 7 nitrogen and oxygen atoms in total. The first-order valence-electron chi connectivity index (χ1n) is 6.23. The second kappa shape index (κ2) is 6.00. The van der Waals surface area contributed by atoms with E-state index in [1.165, 1.54) is 30.4 Å². The third kappa shape index (κ3) is 3.53. The molecule has 1 aliphatic carbocycles. The molecule has 0 saturated heterocycles. The molecule has 0 spiro atoms. The molecule has 1 heterocycles. The van der Waals surface area contributed by atoms with E-state index in [1.807, 2.05) is 0 Å². The summed E-state index contributed by atoms with van der Waals surface area (Å²) in [6, 6.07) is 0. The topological polar surface area (TPSA) is 95.5 Å². The molecule has 0 atom stereocenters. The number of hydrogen-bond donors (Lipinski definition) is 2. The van der Waals surface area contributed by atoms with Crippen molar-refractivity contribution in [1.29, 1.82) is 0 Å². The van der Waals surface area contributed by atoms with Crippen molar-refractivity contribution in [3.63, 3.8) is 0 Å². The van der Waals surface area contributed by atoms with Crippen LogP contribution < -0.4 is 0 Å². The molecule has 1 fully saturated rings. The van der Waals surface area contributed by atoms with Crippen molar-refractivity contribution in [3.05, 3.63) is 11.8 Å². The fraction of sp³-hybridized carbons (Fsp3) is 0.727. The number of H-pyrrole nitrogens is 1. The fourth-order valence-electron chi connectivity index (χ4n) is 1.64. The molecule has 19 heavy (non-hydrogen) atoms. The molecule has 0 radical (unpaired) electrons. The van der Waals surface area contributed by atoms with Crippen molar-refractivity contribution in [1.82, 2.24) is 14.5 Å². The van der Waals surface area contributed by atoms with Crippen molar-refractivity contribution < 1.29 is 18.3 Å². The van der Waals surface area contributed by atoms with Crippen LogP contribution in [0.4, 0.5) is 0 Å². The fourth-order valence-corrected chi connectivity index (χ4v) is 2.88. The number of hydrogen-bond acceptors (Lipinski definition) is 5. The molecule has 8 heteroatoms. The normalized spacial score (nSPS) is 16.2. The monoisotopic (exact) mass is 289 g/mol. The predicted molar refractivity (Wildman–Crippen MR) is 67.9 cm³/mol. The van der Waals surface area contributed by atoms with Gasteiger partial charge in [-0.25, -0.2) is 8.42 Å². The van der Waals surface area contributed by atoms with Crippen molar-refractivity contribution >= 4 is 10.0 Å². The maximum atomic E-state index is 12.2. The summed E-state index contributed by atoms with van der Waals surface area (Å²) in [5.74, 6) is 0.663. The maximum Gasteiger partial charge on any atom is 0.260 e. The first-order chi connectivity index (χ1) is 9.05. The maximum absolute atomic E-state index is 12.2. The zero-order chi connectivity index (χ0) is 13.9. The van der Waals surface area contributed by atoms with Gasteiger partial charge < -0.3 is 9.84 Å². The number of nitrogens with zero attached hydrogens (tertiary/aromatic N) is 2. The molecule has 1 aromatic rings. The smallest absolute Gasteiger partial charge is 0.260 e. The molecule has 0 bridgehead atoms. The van der Waals surface area contributed by atoms with Gasteiger partial charge in [0.1, 0.15) is 0 Å². The summed E-state index contributed by atoms with van der Waals surface area (Å²) in [4.78, 5) is 0. The van der Waals surface area contributed by atoms with Crippen LogP contribution in [0.3, 0.4) is 0 Å². The Balaban J connectivity index is 1.90. The Labute approximate surface area is 112 Å². The van der Waals surface area contributed by atoms with E-state index in [0.29, 0.717) is 19.1 Å². The van der Waals surface area contributed by atoms with Gasteiger partial charge in [0, 0.05) is 25.8 Å². The summed E-state index contributed by atoms with van der Waals surface area (Å²) in [6.07, 6.45) is 3.73. The van der Waals surface area contributed by atoms with Gasteiger partial charge in [-0.3, -0.25) is 5.10 Å². The highest BCUT2D eigenvalue weighted by molar-refractivity contribution is 7.89. The van der Waals surface area contributed by atoms with Crippen LogP contribution >= 0.6 is 0 Å². The quantitative estimate of drug-likeness (QED) is 0.654. The van der Waals surface area contributed by atoms with E-state index in [-0.39, 0.29) is 23.7 Å². The average Bonchev–Trinajstić information content (AvgIpc) is 3.07. The molecular weight excluding hydrogens is 270 g/mol. The van der Waals surface area contributed by atoms with Crippen LogP contribution in [0, 0.1) is 5.92 Å². The highest BCUT2D eigenvalue weighted by Crippen LogP contribution is 2.28. The number of sulfonamides is 1. The Kier molecular flexibility index (Phi) is 4.56.